The van der Waals surface area contributed by atoms with E-state index in [0.29, 0.717) is 5.92 Å². The van der Waals surface area contributed by atoms with Gasteiger partial charge >= 0.3 is 0 Å². The molecule has 2 atom stereocenters. The molecule has 1 aromatic carbocycles. The zero-order valence-electron chi connectivity index (χ0n) is 12.1. The Morgan fingerprint density at radius 3 is 2.74 bits per heavy atom. The third-order valence-electron chi connectivity index (χ3n) is 3.96. The van der Waals surface area contributed by atoms with Gasteiger partial charge in [-0.05, 0) is 69.3 Å². The molecule has 1 N–H and O–H groups in total. The lowest BCUT2D eigenvalue weighted by Gasteiger charge is -2.27. The van der Waals surface area contributed by atoms with Gasteiger partial charge in [0.25, 0.3) is 0 Å². The predicted octanol–water partition coefficient (Wildman–Crippen LogP) is 3.08. The monoisotopic (exact) mass is 265 g/mol. The summed E-state index contributed by atoms with van der Waals surface area (Å²) in [4.78, 5) is 0. The van der Waals surface area contributed by atoms with E-state index < -0.39 is 0 Å². The summed E-state index contributed by atoms with van der Waals surface area (Å²) in [6.45, 7) is 4.81. The normalized spacial score (nSPS) is 18.3. The number of hydrogen-bond donors (Lipinski definition) is 1. The molecule has 1 fully saturated rings. The van der Waals surface area contributed by atoms with Crippen LogP contribution in [0.4, 0.5) is 4.39 Å². The molecule has 2 rings (SSSR count). The molecule has 0 aromatic heterocycles. The minimum absolute atomic E-state index is 0.158. The van der Waals surface area contributed by atoms with Gasteiger partial charge in [-0.3, -0.25) is 0 Å². The molecule has 0 aliphatic heterocycles. The zero-order chi connectivity index (χ0) is 13.8. The Balaban J connectivity index is 2.10. The van der Waals surface area contributed by atoms with E-state index in [-0.39, 0.29) is 18.0 Å². The smallest absolute Gasteiger partial charge is 0.123 e. The molecule has 106 valence electrons. The van der Waals surface area contributed by atoms with Crippen molar-refractivity contribution in [2.75, 3.05) is 13.7 Å². The molecule has 1 aliphatic rings. The van der Waals surface area contributed by atoms with E-state index in [9.17, 15) is 4.39 Å². The van der Waals surface area contributed by atoms with Crippen LogP contribution >= 0.6 is 0 Å². The number of ether oxygens (including phenoxy) is 1. The van der Waals surface area contributed by atoms with E-state index in [4.69, 9.17) is 4.74 Å². The molecular weight excluding hydrogens is 241 g/mol. The Labute approximate surface area is 115 Å². The van der Waals surface area contributed by atoms with Gasteiger partial charge in [-0.15, -0.1) is 0 Å². The Hall–Kier alpha value is -0.930. The van der Waals surface area contributed by atoms with Crippen molar-refractivity contribution in [2.24, 2.45) is 5.92 Å². The summed E-state index contributed by atoms with van der Waals surface area (Å²) in [5.41, 5.74) is 2.22. The van der Waals surface area contributed by atoms with E-state index in [1.807, 2.05) is 27.0 Å². The lowest BCUT2D eigenvalue weighted by molar-refractivity contribution is 0.0210. The second-order valence-corrected chi connectivity index (χ2v) is 5.43. The van der Waals surface area contributed by atoms with Gasteiger partial charge in [0, 0.05) is 12.6 Å². The van der Waals surface area contributed by atoms with Gasteiger partial charge in [0.15, 0.2) is 0 Å². The molecule has 0 saturated heterocycles. The van der Waals surface area contributed by atoms with Crippen molar-refractivity contribution in [2.45, 2.75) is 45.3 Å². The summed E-state index contributed by atoms with van der Waals surface area (Å²) in [6.07, 6.45) is 3.58. The number of benzene rings is 1. The lowest BCUT2D eigenvalue weighted by atomic mass is 9.95. The molecule has 0 radical (unpaired) electrons. The molecule has 0 heterocycles. The average Bonchev–Trinajstić information content (AvgIpc) is 3.22. The van der Waals surface area contributed by atoms with Crippen LogP contribution < -0.4 is 5.32 Å². The summed E-state index contributed by atoms with van der Waals surface area (Å²) in [7, 11) is 1.97. The molecule has 19 heavy (non-hydrogen) atoms. The molecular formula is C16H24FNO. The highest BCUT2D eigenvalue weighted by molar-refractivity contribution is 5.27. The molecule has 0 spiro atoms. The maximum absolute atomic E-state index is 13.4. The van der Waals surface area contributed by atoms with Crippen LogP contribution in [0.25, 0.3) is 0 Å². The second kappa shape index (κ2) is 6.49. The van der Waals surface area contributed by atoms with Crippen LogP contribution in [0.3, 0.4) is 0 Å². The number of likely N-dealkylation sites (N-methyl/N-ethyl adjacent to an activating group) is 1. The minimum Gasteiger partial charge on any atom is -0.377 e. The van der Waals surface area contributed by atoms with Crippen LogP contribution in [-0.4, -0.2) is 25.8 Å². The first-order valence-corrected chi connectivity index (χ1v) is 7.19. The summed E-state index contributed by atoms with van der Waals surface area (Å²) in [5, 5.41) is 3.36. The first-order valence-electron chi connectivity index (χ1n) is 7.19. The Kier molecular flexibility index (Phi) is 4.94. The minimum atomic E-state index is -0.158. The highest BCUT2D eigenvalue weighted by Crippen LogP contribution is 2.36. The molecule has 1 aromatic rings. The first kappa shape index (κ1) is 14.5. The summed E-state index contributed by atoms with van der Waals surface area (Å²) in [6, 6.07) is 5.28. The molecule has 1 saturated carbocycles. The van der Waals surface area contributed by atoms with Crippen LogP contribution in [0, 0.1) is 18.7 Å². The summed E-state index contributed by atoms with van der Waals surface area (Å²) < 4.78 is 19.3. The van der Waals surface area contributed by atoms with Crippen LogP contribution in [0.2, 0.25) is 0 Å². The van der Waals surface area contributed by atoms with Gasteiger partial charge in [0.05, 0.1) is 6.10 Å². The van der Waals surface area contributed by atoms with Crippen molar-refractivity contribution in [3.63, 3.8) is 0 Å². The lowest BCUT2D eigenvalue weighted by Crippen LogP contribution is -2.42. The summed E-state index contributed by atoms with van der Waals surface area (Å²) in [5.74, 6) is 0.515. The fourth-order valence-electron chi connectivity index (χ4n) is 2.68. The van der Waals surface area contributed by atoms with Crippen molar-refractivity contribution >= 4 is 0 Å². The SMILES string of the molecule is CCOC(C1CC1)C(Cc1cc(F)ccc1C)NC. The number of rotatable bonds is 7. The van der Waals surface area contributed by atoms with Gasteiger partial charge in [0.1, 0.15) is 5.82 Å². The summed E-state index contributed by atoms with van der Waals surface area (Å²) >= 11 is 0. The topological polar surface area (TPSA) is 21.3 Å². The molecule has 0 amide bonds. The molecule has 2 nitrogen and oxygen atoms in total. The third-order valence-corrected chi connectivity index (χ3v) is 3.96. The quantitative estimate of drug-likeness (QED) is 0.818. The molecule has 2 unspecified atom stereocenters. The molecule has 3 heteroatoms. The number of nitrogens with one attached hydrogen (secondary N) is 1. The van der Waals surface area contributed by atoms with Crippen molar-refractivity contribution in [3.8, 4) is 0 Å². The number of halogens is 1. The van der Waals surface area contributed by atoms with Crippen LogP contribution in [0.5, 0.6) is 0 Å². The maximum atomic E-state index is 13.4. The fourth-order valence-corrected chi connectivity index (χ4v) is 2.68. The Bertz CT molecular complexity index is 417. The number of aryl methyl sites for hydroxylation is 1. The van der Waals surface area contributed by atoms with Crippen molar-refractivity contribution in [1.29, 1.82) is 0 Å². The Morgan fingerprint density at radius 2 is 2.16 bits per heavy atom. The maximum Gasteiger partial charge on any atom is 0.123 e. The predicted molar refractivity (Wildman–Crippen MR) is 75.8 cm³/mol. The third kappa shape index (κ3) is 3.77. The van der Waals surface area contributed by atoms with Gasteiger partial charge in [0.2, 0.25) is 0 Å². The fraction of sp³-hybridized carbons (Fsp3) is 0.625. The zero-order valence-corrected chi connectivity index (χ0v) is 12.1. The van der Waals surface area contributed by atoms with Crippen molar-refractivity contribution < 1.29 is 9.13 Å². The number of hydrogen-bond acceptors (Lipinski definition) is 2. The van der Waals surface area contributed by atoms with Crippen LogP contribution in [0.1, 0.15) is 30.9 Å². The van der Waals surface area contributed by atoms with E-state index >= 15 is 0 Å². The molecule has 1 aliphatic carbocycles. The first-order chi connectivity index (χ1) is 9.15. The average molecular weight is 265 g/mol. The Morgan fingerprint density at radius 1 is 1.42 bits per heavy atom. The van der Waals surface area contributed by atoms with E-state index in [0.717, 1.165) is 24.2 Å². The van der Waals surface area contributed by atoms with Gasteiger partial charge in [-0.2, -0.15) is 0 Å². The van der Waals surface area contributed by atoms with Gasteiger partial charge in [-0.1, -0.05) is 6.07 Å². The van der Waals surface area contributed by atoms with E-state index in [2.05, 4.69) is 5.32 Å². The highest BCUT2D eigenvalue weighted by atomic mass is 19.1. The second-order valence-electron chi connectivity index (χ2n) is 5.43. The largest absolute Gasteiger partial charge is 0.377 e. The van der Waals surface area contributed by atoms with Crippen LogP contribution in [-0.2, 0) is 11.2 Å². The van der Waals surface area contributed by atoms with Crippen molar-refractivity contribution in [3.05, 3.63) is 35.1 Å². The van der Waals surface area contributed by atoms with Crippen LogP contribution in [0.15, 0.2) is 18.2 Å². The van der Waals surface area contributed by atoms with Crippen molar-refractivity contribution in [1.82, 2.24) is 5.32 Å². The van der Waals surface area contributed by atoms with Gasteiger partial charge < -0.3 is 10.1 Å². The van der Waals surface area contributed by atoms with E-state index in [1.165, 1.54) is 18.9 Å². The molecule has 0 bridgehead atoms. The van der Waals surface area contributed by atoms with E-state index in [1.54, 1.807) is 6.07 Å². The standard InChI is InChI=1S/C16H24FNO/c1-4-19-16(12-6-7-12)15(18-3)10-13-9-14(17)8-5-11(13)2/h5,8-9,12,15-16,18H,4,6-7,10H2,1-3H3. The van der Waals surface area contributed by atoms with Gasteiger partial charge in [-0.25, -0.2) is 4.39 Å². The highest BCUT2D eigenvalue weighted by Gasteiger charge is 2.36.